The molecular formula is C12H17Cl2N3O. The quantitative estimate of drug-likeness (QED) is 0.879. The first-order valence-corrected chi connectivity index (χ1v) is 6.83. The summed E-state index contributed by atoms with van der Waals surface area (Å²) in [4.78, 5) is 16.9. The van der Waals surface area contributed by atoms with Crippen LogP contribution in [0.1, 0.15) is 30.3 Å². The number of halogens is 2. The van der Waals surface area contributed by atoms with Gasteiger partial charge in [-0.3, -0.25) is 4.79 Å². The Balaban J connectivity index is 2.09. The van der Waals surface area contributed by atoms with E-state index in [0.29, 0.717) is 28.3 Å². The lowest BCUT2D eigenvalue weighted by Crippen LogP contribution is -2.45. The molecule has 1 saturated heterocycles. The molecule has 1 fully saturated rings. The molecule has 1 aromatic rings. The molecule has 1 aliphatic rings. The standard InChI is InChI=1S/C12H17Cl2N3O/c1-7(15)8-3-2-4-17(6-8)12(18)10-5-9(13)11(14)16-10/h5,7-8,16H,2-4,6,15H2,1H3/t7-,8+/m1/s1. The lowest BCUT2D eigenvalue weighted by molar-refractivity contribution is 0.0655. The maximum atomic E-state index is 12.3. The van der Waals surface area contributed by atoms with E-state index in [1.165, 1.54) is 0 Å². The van der Waals surface area contributed by atoms with E-state index in [-0.39, 0.29) is 11.9 Å². The highest BCUT2D eigenvalue weighted by atomic mass is 35.5. The molecule has 0 radical (unpaired) electrons. The summed E-state index contributed by atoms with van der Waals surface area (Å²) in [5.74, 6) is 0.303. The smallest absolute Gasteiger partial charge is 0.270 e. The topological polar surface area (TPSA) is 62.1 Å². The highest BCUT2D eigenvalue weighted by molar-refractivity contribution is 6.41. The fraction of sp³-hybridized carbons (Fsp3) is 0.583. The third kappa shape index (κ3) is 2.82. The number of piperidine rings is 1. The zero-order chi connectivity index (χ0) is 13.3. The number of rotatable bonds is 2. The zero-order valence-electron chi connectivity index (χ0n) is 10.2. The average molecular weight is 290 g/mol. The van der Waals surface area contributed by atoms with E-state index in [2.05, 4.69) is 4.98 Å². The number of carbonyl (C=O) groups excluding carboxylic acids is 1. The number of likely N-dealkylation sites (tertiary alicyclic amines) is 1. The van der Waals surface area contributed by atoms with Crippen LogP contribution < -0.4 is 5.73 Å². The second-order valence-electron chi connectivity index (χ2n) is 4.86. The van der Waals surface area contributed by atoms with Gasteiger partial charge in [0.1, 0.15) is 10.8 Å². The van der Waals surface area contributed by atoms with Gasteiger partial charge in [0.2, 0.25) is 0 Å². The number of nitrogens with two attached hydrogens (primary N) is 1. The molecule has 1 amide bonds. The van der Waals surface area contributed by atoms with Gasteiger partial charge in [-0.15, -0.1) is 0 Å². The summed E-state index contributed by atoms with van der Waals surface area (Å²) in [6.45, 7) is 3.45. The van der Waals surface area contributed by atoms with Gasteiger partial charge in [-0.2, -0.15) is 0 Å². The molecule has 0 aromatic carbocycles. The van der Waals surface area contributed by atoms with Gasteiger partial charge in [-0.1, -0.05) is 23.2 Å². The molecule has 3 N–H and O–H groups in total. The second kappa shape index (κ2) is 5.51. The number of carbonyl (C=O) groups is 1. The minimum absolute atomic E-state index is 0.0610. The highest BCUT2D eigenvalue weighted by Crippen LogP contribution is 2.25. The minimum Gasteiger partial charge on any atom is -0.340 e. The van der Waals surface area contributed by atoms with E-state index in [0.717, 1.165) is 19.4 Å². The van der Waals surface area contributed by atoms with Crippen molar-refractivity contribution in [2.45, 2.75) is 25.8 Å². The fourth-order valence-corrected chi connectivity index (χ4v) is 2.63. The molecular weight excluding hydrogens is 273 g/mol. The highest BCUT2D eigenvalue weighted by Gasteiger charge is 2.27. The third-order valence-corrected chi connectivity index (χ3v) is 4.14. The molecule has 4 nitrogen and oxygen atoms in total. The van der Waals surface area contributed by atoms with Gasteiger partial charge in [-0.25, -0.2) is 0 Å². The maximum Gasteiger partial charge on any atom is 0.270 e. The van der Waals surface area contributed by atoms with E-state index in [1.807, 2.05) is 11.8 Å². The summed E-state index contributed by atoms with van der Waals surface area (Å²) in [5, 5.41) is 0.682. The number of aromatic nitrogens is 1. The van der Waals surface area contributed by atoms with E-state index in [9.17, 15) is 4.79 Å². The van der Waals surface area contributed by atoms with Gasteiger partial charge in [0, 0.05) is 19.1 Å². The molecule has 2 atom stereocenters. The van der Waals surface area contributed by atoms with Crippen molar-refractivity contribution in [1.29, 1.82) is 0 Å². The van der Waals surface area contributed by atoms with Crippen molar-refractivity contribution in [2.24, 2.45) is 11.7 Å². The molecule has 0 spiro atoms. The number of nitrogens with zero attached hydrogens (tertiary/aromatic N) is 1. The van der Waals surface area contributed by atoms with Crippen molar-refractivity contribution in [3.05, 3.63) is 21.9 Å². The Kier molecular flexibility index (Phi) is 4.20. The SMILES string of the molecule is C[C@@H](N)[C@H]1CCCN(C(=O)c2cc(Cl)c(Cl)[nH]2)C1. The van der Waals surface area contributed by atoms with Crippen LogP contribution in [-0.2, 0) is 0 Å². The Morgan fingerprint density at radius 2 is 2.33 bits per heavy atom. The Labute approximate surface area is 116 Å². The number of nitrogens with one attached hydrogen (secondary N) is 1. The van der Waals surface area contributed by atoms with E-state index in [1.54, 1.807) is 6.07 Å². The Bertz CT molecular complexity index is 425. The normalized spacial score (nSPS) is 22.0. The predicted molar refractivity (Wildman–Crippen MR) is 73.1 cm³/mol. The van der Waals surface area contributed by atoms with Gasteiger partial charge >= 0.3 is 0 Å². The lowest BCUT2D eigenvalue weighted by Gasteiger charge is -2.34. The second-order valence-corrected chi connectivity index (χ2v) is 5.64. The summed E-state index contributed by atoms with van der Waals surface area (Å²) >= 11 is 11.7. The summed E-state index contributed by atoms with van der Waals surface area (Å²) < 4.78 is 0. The summed E-state index contributed by atoms with van der Waals surface area (Å²) in [5.41, 5.74) is 6.35. The van der Waals surface area contributed by atoms with Crippen LogP contribution in [0.25, 0.3) is 0 Å². The van der Waals surface area contributed by atoms with Crippen LogP contribution in [-0.4, -0.2) is 34.9 Å². The molecule has 1 aromatic heterocycles. The number of hydrogen-bond donors (Lipinski definition) is 2. The molecule has 18 heavy (non-hydrogen) atoms. The van der Waals surface area contributed by atoms with Crippen molar-refractivity contribution in [3.8, 4) is 0 Å². The maximum absolute atomic E-state index is 12.3. The molecule has 0 saturated carbocycles. The van der Waals surface area contributed by atoms with Crippen molar-refractivity contribution in [2.75, 3.05) is 13.1 Å². The molecule has 2 heterocycles. The largest absolute Gasteiger partial charge is 0.340 e. The molecule has 1 aliphatic heterocycles. The molecule has 6 heteroatoms. The summed E-state index contributed by atoms with van der Waals surface area (Å²) in [7, 11) is 0. The fourth-order valence-electron chi connectivity index (χ4n) is 2.31. The number of H-pyrrole nitrogens is 1. The minimum atomic E-state index is -0.0610. The lowest BCUT2D eigenvalue weighted by atomic mass is 9.92. The van der Waals surface area contributed by atoms with E-state index in [4.69, 9.17) is 28.9 Å². The van der Waals surface area contributed by atoms with Gasteiger partial charge < -0.3 is 15.6 Å². The van der Waals surface area contributed by atoms with Crippen LogP contribution >= 0.6 is 23.2 Å². The van der Waals surface area contributed by atoms with Gasteiger partial charge in [-0.05, 0) is 31.7 Å². The summed E-state index contributed by atoms with van der Waals surface area (Å²) in [6, 6.07) is 1.68. The monoisotopic (exact) mass is 289 g/mol. The molecule has 0 bridgehead atoms. The average Bonchev–Trinajstić information content (AvgIpc) is 2.69. The van der Waals surface area contributed by atoms with E-state index >= 15 is 0 Å². The Morgan fingerprint density at radius 1 is 1.61 bits per heavy atom. The first kappa shape index (κ1) is 13.7. The van der Waals surface area contributed by atoms with Crippen LogP contribution in [0.5, 0.6) is 0 Å². The van der Waals surface area contributed by atoms with Gasteiger partial charge in [0.15, 0.2) is 0 Å². The zero-order valence-corrected chi connectivity index (χ0v) is 11.8. The molecule has 0 aliphatic carbocycles. The summed E-state index contributed by atoms with van der Waals surface area (Å²) in [6.07, 6.45) is 2.06. The van der Waals surface area contributed by atoms with Crippen LogP contribution in [0.15, 0.2) is 6.07 Å². The van der Waals surface area contributed by atoms with Crippen molar-refractivity contribution < 1.29 is 4.79 Å². The first-order chi connectivity index (χ1) is 8.49. The number of aromatic amines is 1. The van der Waals surface area contributed by atoms with Crippen molar-refractivity contribution in [1.82, 2.24) is 9.88 Å². The Morgan fingerprint density at radius 3 is 2.89 bits per heavy atom. The van der Waals surface area contributed by atoms with E-state index < -0.39 is 0 Å². The van der Waals surface area contributed by atoms with Gasteiger partial charge in [0.05, 0.1) is 5.02 Å². The molecule has 100 valence electrons. The van der Waals surface area contributed by atoms with Crippen LogP contribution in [0, 0.1) is 5.92 Å². The molecule has 0 unspecified atom stereocenters. The number of amides is 1. The van der Waals surface area contributed by atoms with Crippen molar-refractivity contribution >= 4 is 29.1 Å². The van der Waals surface area contributed by atoms with Crippen molar-refractivity contribution in [3.63, 3.8) is 0 Å². The predicted octanol–water partition coefficient (Wildman–Crippen LogP) is 2.52. The van der Waals surface area contributed by atoms with Gasteiger partial charge in [0.25, 0.3) is 5.91 Å². The third-order valence-electron chi connectivity index (χ3n) is 3.44. The first-order valence-electron chi connectivity index (χ1n) is 6.08. The van der Waals surface area contributed by atoms with Crippen LogP contribution in [0.3, 0.4) is 0 Å². The van der Waals surface area contributed by atoms with Crippen LogP contribution in [0.4, 0.5) is 0 Å². The Hall–Kier alpha value is -0.710. The molecule has 2 rings (SSSR count). The number of hydrogen-bond acceptors (Lipinski definition) is 2. The van der Waals surface area contributed by atoms with Crippen LogP contribution in [0.2, 0.25) is 10.2 Å².